The number of nitriles is 1. The van der Waals surface area contributed by atoms with Gasteiger partial charge in [0.15, 0.2) is 0 Å². The zero-order valence-electron chi connectivity index (χ0n) is 17.9. The average molecular weight is 454 g/mol. The Hall–Kier alpha value is -3.04. The minimum atomic E-state index is -1.46. The van der Waals surface area contributed by atoms with E-state index in [0.29, 0.717) is 23.7 Å². The predicted molar refractivity (Wildman–Crippen MR) is 115 cm³/mol. The molecule has 174 valence electrons. The molecule has 3 aromatic rings. The third-order valence-corrected chi connectivity index (χ3v) is 6.53. The van der Waals surface area contributed by atoms with Gasteiger partial charge in [-0.05, 0) is 24.8 Å². The normalized spacial score (nSPS) is 27.0. The maximum absolute atomic E-state index is 10.2. The van der Waals surface area contributed by atoms with Gasteiger partial charge in [-0.3, -0.25) is 4.68 Å². The third-order valence-electron chi connectivity index (χ3n) is 6.53. The number of aromatic nitrogens is 5. The second kappa shape index (κ2) is 9.07. The van der Waals surface area contributed by atoms with Crippen LogP contribution in [0.4, 0.5) is 0 Å². The number of ether oxygens (including phenoxy) is 2. The molecule has 4 N–H and O–H groups in total. The standard InChI is InChI=1S/C22H26N6O5/c23-7-5-15(12-3-1-2-4-12)28-10-13(9-25-28)17-14-6-8-24-20(14)27-22(26-17)33-21-19(31)18(30)16(29)11-32-21/h6,8-10,12,15-16,18-19,21,29-31H,1-5,11H2,(H,24,26,27). The number of nitrogens with zero attached hydrogens (tertiary/aromatic N) is 5. The summed E-state index contributed by atoms with van der Waals surface area (Å²) >= 11 is 0. The van der Waals surface area contributed by atoms with Gasteiger partial charge in [-0.15, -0.1) is 0 Å². The van der Waals surface area contributed by atoms with Gasteiger partial charge in [0, 0.05) is 23.3 Å². The van der Waals surface area contributed by atoms with E-state index in [-0.39, 0.29) is 18.7 Å². The number of hydrogen-bond acceptors (Lipinski definition) is 9. The van der Waals surface area contributed by atoms with Gasteiger partial charge in [-0.25, -0.2) is 0 Å². The van der Waals surface area contributed by atoms with Gasteiger partial charge in [0.2, 0.25) is 6.29 Å². The highest BCUT2D eigenvalue weighted by Crippen LogP contribution is 2.37. The number of rotatable bonds is 6. The summed E-state index contributed by atoms with van der Waals surface area (Å²) < 4.78 is 12.8. The van der Waals surface area contributed by atoms with Gasteiger partial charge in [-0.1, -0.05) is 12.8 Å². The Morgan fingerprint density at radius 2 is 2.06 bits per heavy atom. The van der Waals surface area contributed by atoms with Crippen LogP contribution in [0.1, 0.15) is 38.1 Å². The molecular formula is C22H26N6O5. The van der Waals surface area contributed by atoms with Crippen LogP contribution in [0.15, 0.2) is 24.7 Å². The Bertz CT molecular complexity index is 1150. The fraction of sp³-hybridized carbons (Fsp3) is 0.545. The monoisotopic (exact) mass is 454 g/mol. The number of hydrogen-bond donors (Lipinski definition) is 4. The van der Waals surface area contributed by atoms with Crippen molar-refractivity contribution in [2.75, 3.05) is 6.61 Å². The Labute approximate surface area is 189 Å². The molecule has 0 spiro atoms. The van der Waals surface area contributed by atoms with Crippen LogP contribution in [0.3, 0.4) is 0 Å². The molecular weight excluding hydrogens is 428 g/mol. The molecule has 33 heavy (non-hydrogen) atoms. The van der Waals surface area contributed by atoms with Gasteiger partial charge in [-0.2, -0.15) is 20.3 Å². The van der Waals surface area contributed by atoms with Crippen molar-refractivity contribution in [1.29, 1.82) is 5.26 Å². The SMILES string of the molecule is N#CCC(C1CCCC1)n1cc(-c2nc(OC3OCC(O)C(O)C3O)nc3[nH]ccc23)cn1. The second-order valence-electron chi connectivity index (χ2n) is 8.65. The van der Waals surface area contributed by atoms with Crippen molar-refractivity contribution in [3.8, 4) is 23.3 Å². The van der Waals surface area contributed by atoms with Crippen molar-refractivity contribution in [3.05, 3.63) is 24.7 Å². The smallest absolute Gasteiger partial charge is 0.321 e. The molecule has 5 unspecified atom stereocenters. The molecule has 0 aromatic carbocycles. The Balaban J connectivity index is 1.45. The molecule has 2 fully saturated rings. The predicted octanol–water partition coefficient (Wildman–Crippen LogP) is 1.28. The summed E-state index contributed by atoms with van der Waals surface area (Å²) in [5.41, 5.74) is 1.85. The molecule has 11 heteroatoms. The molecule has 0 radical (unpaired) electrons. The van der Waals surface area contributed by atoms with E-state index < -0.39 is 24.6 Å². The van der Waals surface area contributed by atoms with E-state index in [1.54, 1.807) is 12.4 Å². The highest BCUT2D eigenvalue weighted by molar-refractivity contribution is 5.90. The lowest BCUT2D eigenvalue weighted by Gasteiger charge is -2.34. The van der Waals surface area contributed by atoms with Crippen molar-refractivity contribution < 1.29 is 24.8 Å². The summed E-state index contributed by atoms with van der Waals surface area (Å²) in [6.45, 7) is -0.186. The summed E-state index contributed by atoms with van der Waals surface area (Å²) in [5.74, 6) is 0.431. The average Bonchev–Trinajstić information content (AvgIpc) is 3.59. The molecule has 11 nitrogen and oxygen atoms in total. The maximum atomic E-state index is 10.2. The third kappa shape index (κ3) is 4.18. The van der Waals surface area contributed by atoms with Crippen molar-refractivity contribution in [1.82, 2.24) is 24.7 Å². The van der Waals surface area contributed by atoms with Crippen molar-refractivity contribution in [2.24, 2.45) is 5.92 Å². The molecule has 0 bridgehead atoms. The van der Waals surface area contributed by atoms with E-state index in [2.05, 4.69) is 26.1 Å². The molecule has 2 aliphatic rings. The number of nitrogens with one attached hydrogen (secondary N) is 1. The van der Waals surface area contributed by atoms with Crippen LogP contribution in [0.2, 0.25) is 0 Å². The molecule has 1 aliphatic carbocycles. The molecule has 5 rings (SSSR count). The van der Waals surface area contributed by atoms with Crippen LogP contribution in [0.25, 0.3) is 22.3 Å². The first-order valence-corrected chi connectivity index (χ1v) is 11.1. The Morgan fingerprint density at radius 3 is 2.85 bits per heavy atom. The lowest BCUT2D eigenvalue weighted by molar-refractivity contribution is -0.243. The first kappa shape index (κ1) is 21.8. The summed E-state index contributed by atoms with van der Waals surface area (Å²) in [4.78, 5) is 11.9. The molecule has 5 atom stereocenters. The number of fused-ring (bicyclic) bond motifs is 1. The Kier molecular flexibility index (Phi) is 5.99. The van der Waals surface area contributed by atoms with E-state index in [9.17, 15) is 20.6 Å². The molecule has 1 saturated heterocycles. The Morgan fingerprint density at radius 1 is 1.24 bits per heavy atom. The van der Waals surface area contributed by atoms with E-state index in [1.807, 2.05) is 16.9 Å². The van der Waals surface area contributed by atoms with Crippen molar-refractivity contribution in [2.45, 2.75) is 62.7 Å². The van der Waals surface area contributed by atoms with E-state index in [1.165, 1.54) is 12.8 Å². The summed E-state index contributed by atoms with van der Waals surface area (Å²) in [7, 11) is 0. The topological polar surface area (TPSA) is 162 Å². The second-order valence-corrected chi connectivity index (χ2v) is 8.65. The number of aromatic amines is 1. The van der Waals surface area contributed by atoms with Crippen molar-refractivity contribution >= 4 is 11.0 Å². The van der Waals surface area contributed by atoms with E-state index in [4.69, 9.17) is 9.47 Å². The minimum absolute atomic E-state index is 0.0178. The van der Waals surface area contributed by atoms with E-state index >= 15 is 0 Å². The number of H-pyrrole nitrogens is 1. The quantitative estimate of drug-likeness (QED) is 0.430. The van der Waals surface area contributed by atoms with Gasteiger partial charge in [0.25, 0.3) is 0 Å². The zero-order chi connectivity index (χ0) is 22.9. The van der Waals surface area contributed by atoms with Gasteiger partial charge in [0.05, 0.1) is 37.0 Å². The van der Waals surface area contributed by atoms with Crippen LogP contribution >= 0.6 is 0 Å². The largest absolute Gasteiger partial charge is 0.430 e. The molecule has 1 aliphatic heterocycles. The molecule has 4 heterocycles. The van der Waals surface area contributed by atoms with Gasteiger partial charge >= 0.3 is 6.01 Å². The summed E-state index contributed by atoms with van der Waals surface area (Å²) in [6.07, 6.45) is 5.01. The number of aliphatic hydroxyl groups excluding tert-OH is 3. The molecule has 0 amide bonds. The fourth-order valence-electron chi connectivity index (χ4n) is 4.73. The lowest BCUT2D eigenvalue weighted by atomic mass is 9.96. The zero-order valence-corrected chi connectivity index (χ0v) is 17.9. The fourth-order valence-corrected chi connectivity index (χ4v) is 4.73. The minimum Gasteiger partial charge on any atom is -0.430 e. The molecule has 1 saturated carbocycles. The van der Waals surface area contributed by atoms with Crippen molar-refractivity contribution in [3.63, 3.8) is 0 Å². The molecule has 3 aromatic heterocycles. The van der Waals surface area contributed by atoms with Crippen LogP contribution in [-0.2, 0) is 4.74 Å². The highest BCUT2D eigenvalue weighted by atomic mass is 16.7. The first-order valence-electron chi connectivity index (χ1n) is 11.1. The first-order chi connectivity index (χ1) is 16.0. The number of aliphatic hydroxyl groups is 3. The van der Waals surface area contributed by atoms with Gasteiger partial charge in [0.1, 0.15) is 24.0 Å². The van der Waals surface area contributed by atoms with Crippen LogP contribution in [0.5, 0.6) is 6.01 Å². The van der Waals surface area contributed by atoms with Crippen LogP contribution in [0, 0.1) is 17.2 Å². The van der Waals surface area contributed by atoms with E-state index in [0.717, 1.165) is 23.8 Å². The summed E-state index contributed by atoms with van der Waals surface area (Å²) in [5, 5.41) is 44.4. The van der Waals surface area contributed by atoms with Crippen LogP contribution in [-0.4, -0.2) is 71.3 Å². The lowest BCUT2D eigenvalue weighted by Crippen LogP contribution is -2.54. The van der Waals surface area contributed by atoms with Crippen LogP contribution < -0.4 is 4.74 Å². The maximum Gasteiger partial charge on any atom is 0.321 e. The van der Waals surface area contributed by atoms with Gasteiger partial charge < -0.3 is 29.8 Å². The highest BCUT2D eigenvalue weighted by Gasteiger charge is 2.39. The summed E-state index contributed by atoms with van der Waals surface area (Å²) in [6, 6.07) is 4.11.